The normalized spacial score (nSPS) is 16.2. The van der Waals surface area contributed by atoms with Gasteiger partial charge in [-0.15, -0.1) is 0 Å². The Balaban J connectivity index is 1.39. The van der Waals surface area contributed by atoms with Gasteiger partial charge in [-0.2, -0.15) is 0 Å². The molecule has 1 saturated heterocycles. The van der Waals surface area contributed by atoms with Crippen molar-refractivity contribution >= 4 is 23.4 Å². The molecule has 0 aliphatic carbocycles. The lowest BCUT2D eigenvalue weighted by Gasteiger charge is -2.16. The van der Waals surface area contributed by atoms with Crippen LogP contribution < -0.4 is 15.5 Å². The van der Waals surface area contributed by atoms with Crippen molar-refractivity contribution in [2.45, 2.75) is 19.4 Å². The quantitative estimate of drug-likeness (QED) is 0.772. The average molecular weight is 366 g/mol. The number of nitrogens with zero attached hydrogens (tertiary/aromatic N) is 2. The molecule has 27 heavy (non-hydrogen) atoms. The van der Waals surface area contributed by atoms with Crippen LogP contribution >= 0.6 is 0 Å². The number of nitrogens with one attached hydrogen (secondary N) is 2. The smallest absolute Gasteiger partial charge is 0.227 e. The van der Waals surface area contributed by atoms with Crippen LogP contribution in [0.1, 0.15) is 18.5 Å². The highest BCUT2D eigenvalue weighted by Crippen LogP contribution is 2.24. The van der Waals surface area contributed by atoms with E-state index in [-0.39, 0.29) is 37.1 Å². The van der Waals surface area contributed by atoms with Crippen LogP contribution in [0.15, 0.2) is 54.7 Å². The van der Waals surface area contributed by atoms with Crippen molar-refractivity contribution in [3.8, 4) is 0 Å². The molecule has 0 spiro atoms. The minimum absolute atomic E-state index is 0.0607. The van der Waals surface area contributed by atoms with Crippen LogP contribution in [0.3, 0.4) is 0 Å². The standard InChI is InChI=1S/C20H22N4O3/c25-18(23-13-16-6-4-5-10-21-16)9-11-22-20(27)15-12-19(26)24(14-15)17-7-2-1-3-8-17/h1-8,10,15H,9,11-14H2,(H,22,27)(H,23,25)/t15-/m0/s1. The van der Waals surface area contributed by atoms with E-state index >= 15 is 0 Å². The summed E-state index contributed by atoms with van der Waals surface area (Å²) in [7, 11) is 0. The fraction of sp³-hybridized carbons (Fsp3) is 0.300. The van der Waals surface area contributed by atoms with Crippen molar-refractivity contribution in [3.63, 3.8) is 0 Å². The fourth-order valence-electron chi connectivity index (χ4n) is 2.96. The molecule has 2 N–H and O–H groups in total. The molecular formula is C20H22N4O3. The van der Waals surface area contributed by atoms with E-state index in [1.807, 2.05) is 48.5 Å². The molecule has 1 atom stereocenters. The number of anilines is 1. The van der Waals surface area contributed by atoms with E-state index in [9.17, 15) is 14.4 Å². The Labute approximate surface area is 157 Å². The van der Waals surface area contributed by atoms with E-state index in [1.165, 1.54) is 0 Å². The van der Waals surface area contributed by atoms with Gasteiger partial charge in [-0.05, 0) is 24.3 Å². The Bertz CT molecular complexity index is 795. The summed E-state index contributed by atoms with van der Waals surface area (Å²) < 4.78 is 0. The first-order valence-electron chi connectivity index (χ1n) is 8.93. The number of carbonyl (C=O) groups excluding carboxylic acids is 3. The third kappa shape index (κ3) is 5.13. The van der Waals surface area contributed by atoms with Crippen LogP contribution in [0.2, 0.25) is 0 Å². The van der Waals surface area contributed by atoms with Gasteiger partial charge in [-0.1, -0.05) is 24.3 Å². The zero-order valence-corrected chi connectivity index (χ0v) is 14.9. The largest absolute Gasteiger partial charge is 0.355 e. The van der Waals surface area contributed by atoms with Gasteiger partial charge < -0.3 is 15.5 Å². The number of benzene rings is 1. The Hall–Kier alpha value is -3.22. The van der Waals surface area contributed by atoms with Gasteiger partial charge in [0.1, 0.15) is 0 Å². The minimum atomic E-state index is -0.394. The van der Waals surface area contributed by atoms with Gasteiger partial charge in [0.05, 0.1) is 18.2 Å². The molecule has 1 aromatic heterocycles. The maximum atomic E-state index is 12.3. The highest BCUT2D eigenvalue weighted by molar-refractivity contribution is 6.00. The van der Waals surface area contributed by atoms with E-state index in [0.29, 0.717) is 13.1 Å². The van der Waals surface area contributed by atoms with Crippen LogP contribution in [-0.4, -0.2) is 35.8 Å². The molecule has 2 aromatic rings. The lowest BCUT2D eigenvalue weighted by Crippen LogP contribution is -2.35. The third-order valence-corrected chi connectivity index (χ3v) is 4.41. The van der Waals surface area contributed by atoms with Crippen LogP contribution in [-0.2, 0) is 20.9 Å². The number of para-hydroxylation sites is 1. The second-order valence-corrected chi connectivity index (χ2v) is 6.38. The molecule has 7 nitrogen and oxygen atoms in total. The van der Waals surface area contributed by atoms with E-state index < -0.39 is 5.92 Å². The average Bonchev–Trinajstić information content (AvgIpc) is 3.09. The van der Waals surface area contributed by atoms with E-state index in [4.69, 9.17) is 0 Å². The molecule has 0 saturated carbocycles. The van der Waals surface area contributed by atoms with Crippen molar-refractivity contribution in [2.24, 2.45) is 5.92 Å². The van der Waals surface area contributed by atoms with Crippen molar-refractivity contribution in [1.82, 2.24) is 15.6 Å². The molecule has 3 amide bonds. The van der Waals surface area contributed by atoms with Gasteiger partial charge in [0.15, 0.2) is 0 Å². The number of carbonyl (C=O) groups is 3. The summed E-state index contributed by atoms with van der Waals surface area (Å²) >= 11 is 0. The topological polar surface area (TPSA) is 91.4 Å². The summed E-state index contributed by atoms with van der Waals surface area (Å²) in [6.07, 6.45) is 2.04. The van der Waals surface area contributed by atoms with Gasteiger partial charge in [-0.25, -0.2) is 0 Å². The fourth-order valence-corrected chi connectivity index (χ4v) is 2.96. The first-order valence-corrected chi connectivity index (χ1v) is 8.93. The predicted molar refractivity (Wildman–Crippen MR) is 101 cm³/mol. The highest BCUT2D eigenvalue weighted by atomic mass is 16.2. The first kappa shape index (κ1) is 18.6. The van der Waals surface area contributed by atoms with E-state index in [1.54, 1.807) is 11.1 Å². The summed E-state index contributed by atoms with van der Waals surface area (Å²) in [6.45, 7) is 0.959. The van der Waals surface area contributed by atoms with Crippen molar-refractivity contribution in [2.75, 3.05) is 18.0 Å². The summed E-state index contributed by atoms with van der Waals surface area (Å²) in [4.78, 5) is 42.1. The maximum Gasteiger partial charge on any atom is 0.227 e. The number of amides is 3. The molecule has 2 heterocycles. The monoisotopic (exact) mass is 366 g/mol. The molecule has 0 radical (unpaired) electrons. The molecule has 0 unspecified atom stereocenters. The van der Waals surface area contributed by atoms with Crippen molar-refractivity contribution in [3.05, 3.63) is 60.4 Å². The second-order valence-electron chi connectivity index (χ2n) is 6.38. The summed E-state index contributed by atoms with van der Waals surface area (Å²) in [5.41, 5.74) is 1.58. The zero-order chi connectivity index (χ0) is 19.1. The van der Waals surface area contributed by atoms with Crippen molar-refractivity contribution < 1.29 is 14.4 Å². The van der Waals surface area contributed by atoms with E-state index in [2.05, 4.69) is 15.6 Å². The minimum Gasteiger partial charge on any atom is -0.355 e. The van der Waals surface area contributed by atoms with Crippen LogP contribution in [0.4, 0.5) is 5.69 Å². The molecule has 0 bridgehead atoms. The number of pyridine rings is 1. The van der Waals surface area contributed by atoms with Gasteiger partial charge in [0.2, 0.25) is 17.7 Å². The number of hydrogen-bond donors (Lipinski definition) is 2. The van der Waals surface area contributed by atoms with Crippen LogP contribution in [0.5, 0.6) is 0 Å². The van der Waals surface area contributed by atoms with Gasteiger partial charge in [0.25, 0.3) is 0 Å². The molecule has 140 valence electrons. The molecule has 1 aliphatic heterocycles. The Kier molecular flexibility index (Phi) is 6.14. The lowest BCUT2D eigenvalue weighted by atomic mass is 10.1. The van der Waals surface area contributed by atoms with Gasteiger partial charge in [0, 0.05) is 37.8 Å². The molecule has 1 aliphatic rings. The summed E-state index contributed by atoms with van der Waals surface area (Å²) in [5, 5.41) is 5.51. The van der Waals surface area contributed by atoms with Crippen LogP contribution in [0.25, 0.3) is 0 Å². The predicted octanol–water partition coefficient (Wildman–Crippen LogP) is 1.26. The number of hydrogen-bond acceptors (Lipinski definition) is 4. The molecule has 1 aromatic carbocycles. The maximum absolute atomic E-state index is 12.3. The molecule has 7 heteroatoms. The highest BCUT2D eigenvalue weighted by Gasteiger charge is 2.34. The molecular weight excluding hydrogens is 344 g/mol. The Morgan fingerprint density at radius 2 is 1.85 bits per heavy atom. The molecule has 1 fully saturated rings. The first-order chi connectivity index (χ1) is 13.1. The summed E-state index contributed by atoms with van der Waals surface area (Å²) in [5.74, 6) is -0.808. The summed E-state index contributed by atoms with van der Waals surface area (Å²) in [6, 6.07) is 14.8. The SMILES string of the molecule is O=C(CCNC(=O)[C@H]1CC(=O)N(c2ccccc2)C1)NCc1ccccn1. The Morgan fingerprint density at radius 3 is 2.59 bits per heavy atom. The number of aromatic nitrogens is 1. The number of rotatable bonds is 7. The Morgan fingerprint density at radius 1 is 1.07 bits per heavy atom. The lowest BCUT2D eigenvalue weighted by molar-refractivity contribution is -0.126. The third-order valence-electron chi connectivity index (χ3n) is 4.41. The molecule has 3 rings (SSSR count). The second kappa shape index (κ2) is 8.93. The van der Waals surface area contributed by atoms with Crippen LogP contribution in [0, 0.1) is 5.92 Å². The zero-order valence-electron chi connectivity index (χ0n) is 14.9. The van der Waals surface area contributed by atoms with Crippen molar-refractivity contribution in [1.29, 1.82) is 0 Å². The van der Waals surface area contributed by atoms with E-state index in [0.717, 1.165) is 11.4 Å². The van der Waals surface area contributed by atoms with Gasteiger partial charge >= 0.3 is 0 Å². The van der Waals surface area contributed by atoms with Gasteiger partial charge in [-0.3, -0.25) is 19.4 Å².